The van der Waals surface area contributed by atoms with Crippen LogP contribution in [0.25, 0.3) is 16.9 Å². The van der Waals surface area contributed by atoms with Gasteiger partial charge < -0.3 is 30.7 Å². The predicted molar refractivity (Wildman–Crippen MR) is 135 cm³/mol. The standard InChI is InChI=1S/C25H26N8O/c1-17(34)31-10-12-32(13-11-31)21-6-4-20(5-7-21)29-24-25-28-8-9-33(25)16-23(30-24)18-2-3-19(15-26)22(27)14-18/h2-9,14-16,26H,10-13,27H2,1H3,(H,29,30). The molecule has 2 aromatic heterocycles. The van der Waals surface area contributed by atoms with Crippen LogP contribution >= 0.6 is 0 Å². The number of hydrogen-bond acceptors (Lipinski definition) is 7. The summed E-state index contributed by atoms with van der Waals surface area (Å²) in [5.74, 6) is 0.771. The number of fused-ring (bicyclic) bond motifs is 1. The van der Waals surface area contributed by atoms with Gasteiger partial charge >= 0.3 is 0 Å². The van der Waals surface area contributed by atoms with E-state index in [1.165, 1.54) is 6.21 Å². The molecule has 9 nitrogen and oxygen atoms in total. The van der Waals surface area contributed by atoms with Crippen molar-refractivity contribution in [2.75, 3.05) is 42.1 Å². The quantitative estimate of drug-likeness (QED) is 0.314. The predicted octanol–water partition coefficient (Wildman–Crippen LogP) is 3.39. The number of amides is 1. The number of aromatic nitrogens is 3. The molecule has 3 heterocycles. The first-order valence-electron chi connectivity index (χ1n) is 11.1. The number of anilines is 4. The van der Waals surface area contributed by atoms with Crippen molar-refractivity contribution in [2.45, 2.75) is 6.92 Å². The molecule has 172 valence electrons. The summed E-state index contributed by atoms with van der Waals surface area (Å²) in [7, 11) is 0. The summed E-state index contributed by atoms with van der Waals surface area (Å²) in [4.78, 5) is 25.0. The number of nitrogens with zero attached hydrogens (tertiary/aromatic N) is 5. The molecular weight excluding hydrogens is 428 g/mol. The highest BCUT2D eigenvalue weighted by Gasteiger charge is 2.19. The molecule has 1 saturated heterocycles. The van der Waals surface area contributed by atoms with Gasteiger partial charge in [0.25, 0.3) is 0 Å². The second kappa shape index (κ2) is 8.86. The average Bonchev–Trinajstić information content (AvgIpc) is 3.34. The Hall–Kier alpha value is -4.40. The van der Waals surface area contributed by atoms with Crippen LogP contribution in [-0.4, -0.2) is 57.6 Å². The number of nitrogens with two attached hydrogens (primary N) is 1. The molecule has 0 bridgehead atoms. The summed E-state index contributed by atoms with van der Waals surface area (Å²) >= 11 is 0. The van der Waals surface area contributed by atoms with Crippen LogP contribution in [0.3, 0.4) is 0 Å². The van der Waals surface area contributed by atoms with E-state index in [0.29, 0.717) is 17.1 Å². The Kier molecular flexibility index (Phi) is 5.59. The minimum atomic E-state index is 0.132. The molecule has 4 N–H and O–H groups in total. The van der Waals surface area contributed by atoms with Gasteiger partial charge in [0.1, 0.15) is 0 Å². The van der Waals surface area contributed by atoms with Crippen molar-refractivity contribution >= 4 is 40.6 Å². The summed E-state index contributed by atoms with van der Waals surface area (Å²) < 4.78 is 1.92. The summed E-state index contributed by atoms with van der Waals surface area (Å²) in [6, 6.07) is 13.8. The maximum Gasteiger partial charge on any atom is 0.219 e. The highest BCUT2D eigenvalue weighted by Crippen LogP contribution is 2.27. The maximum absolute atomic E-state index is 11.6. The van der Waals surface area contributed by atoms with Crippen molar-refractivity contribution in [3.63, 3.8) is 0 Å². The number of imidazole rings is 1. The van der Waals surface area contributed by atoms with Gasteiger partial charge in [0.05, 0.1) is 5.69 Å². The number of benzene rings is 2. The Morgan fingerprint density at radius 1 is 1.12 bits per heavy atom. The van der Waals surface area contributed by atoms with E-state index in [-0.39, 0.29) is 5.91 Å². The van der Waals surface area contributed by atoms with Crippen molar-refractivity contribution < 1.29 is 4.79 Å². The highest BCUT2D eigenvalue weighted by atomic mass is 16.2. The number of carbonyl (C=O) groups is 1. The average molecular weight is 455 g/mol. The zero-order chi connectivity index (χ0) is 23.7. The fraction of sp³-hybridized carbons (Fsp3) is 0.200. The van der Waals surface area contributed by atoms with Gasteiger partial charge in [0, 0.05) is 86.1 Å². The van der Waals surface area contributed by atoms with Crippen molar-refractivity contribution in [1.29, 1.82) is 5.41 Å². The van der Waals surface area contributed by atoms with Crippen LogP contribution < -0.4 is 16.0 Å². The molecule has 2 aromatic carbocycles. The molecule has 0 saturated carbocycles. The number of piperazine rings is 1. The first kappa shape index (κ1) is 21.4. The largest absolute Gasteiger partial charge is 0.398 e. The van der Waals surface area contributed by atoms with Gasteiger partial charge in [0.2, 0.25) is 5.91 Å². The van der Waals surface area contributed by atoms with Gasteiger partial charge in [0.15, 0.2) is 11.5 Å². The van der Waals surface area contributed by atoms with Crippen molar-refractivity contribution in [2.24, 2.45) is 0 Å². The van der Waals surface area contributed by atoms with Gasteiger partial charge in [-0.1, -0.05) is 12.1 Å². The molecule has 4 aromatic rings. The normalized spacial score (nSPS) is 13.8. The Balaban J connectivity index is 1.39. The second-order valence-electron chi connectivity index (χ2n) is 8.29. The lowest BCUT2D eigenvalue weighted by Gasteiger charge is -2.35. The molecule has 0 aliphatic carbocycles. The van der Waals surface area contributed by atoms with Crippen LogP contribution in [0.2, 0.25) is 0 Å². The minimum absolute atomic E-state index is 0.132. The van der Waals surface area contributed by atoms with Gasteiger partial charge in [-0.15, -0.1) is 0 Å². The van der Waals surface area contributed by atoms with Crippen LogP contribution in [0.4, 0.5) is 22.9 Å². The first-order chi connectivity index (χ1) is 16.5. The molecule has 0 spiro atoms. The van der Waals surface area contributed by atoms with Gasteiger partial charge in [-0.05, 0) is 30.3 Å². The van der Waals surface area contributed by atoms with Crippen LogP contribution in [-0.2, 0) is 4.79 Å². The Bertz CT molecular complexity index is 1350. The SMILES string of the molecule is CC(=O)N1CCN(c2ccc(Nc3nc(-c4ccc(C=N)c(N)c4)cn4ccnc34)cc2)CC1. The first-order valence-corrected chi connectivity index (χ1v) is 11.1. The van der Waals surface area contributed by atoms with E-state index in [0.717, 1.165) is 54.5 Å². The third-order valence-electron chi connectivity index (χ3n) is 6.13. The molecular formula is C25H26N8O. The molecule has 0 unspecified atom stereocenters. The summed E-state index contributed by atoms with van der Waals surface area (Å²) in [5, 5.41) is 10.8. The lowest BCUT2D eigenvalue weighted by atomic mass is 10.1. The lowest BCUT2D eigenvalue weighted by molar-refractivity contribution is -0.129. The lowest BCUT2D eigenvalue weighted by Crippen LogP contribution is -2.48. The van der Waals surface area contributed by atoms with E-state index >= 15 is 0 Å². The van der Waals surface area contributed by atoms with Crippen molar-refractivity contribution in [3.05, 3.63) is 66.6 Å². The second-order valence-corrected chi connectivity index (χ2v) is 8.29. The van der Waals surface area contributed by atoms with E-state index in [9.17, 15) is 4.79 Å². The van der Waals surface area contributed by atoms with Crippen LogP contribution in [0, 0.1) is 5.41 Å². The zero-order valence-electron chi connectivity index (χ0n) is 18.9. The van der Waals surface area contributed by atoms with Crippen LogP contribution in [0.1, 0.15) is 12.5 Å². The fourth-order valence-electron chi connectivity index (χ4n) is 4.19. The topological polar surface area (TPSA) is 116 Å². The maximum atomic E-state index is 11.6. The Labute approximate surface area is 197 Å². The Morgan fingerprint density at radius 2 is 1.88 bits per heavy atom. The molecule has 0 atom stereocenters. The summed E-state index contributed by atoms with van der Waals surface area (Å²) in [5.41, 5.74) is 11.7. The monoisotopic (exact) mass is 454 g/mol. The molecule has 1 aliphatic heterocycles. The van der Waals surface area contributed by atoms with E-state index in [2.05, 4.69) is 27.3 Å². The van der Waals surface area contributed by atoms with Crippen LogP contribution in [0.15, 0.2) is 61.1 Å². The third kappa shape index (κ3) is 4.15. The van der Waals surface area contributed by atoms with Crippen molar-refractivity contribution in [1.82, 2.24) is 19.3 Å². The molecule has 0 radical (unpaired) electrons. The van der Waals surface area contributed by atoms with Gasteiger partial charge in [-0.2, -0.15) is 0 Å². The number of rotatable bonds is 5. The van der Waals surface area contributed by atoms with E-state index in [4.69, 9.17) is 16.1 Å². The third-order valence-corrected chi connectivity index (χ3v) is 6.13. The van der Waals surface area contributed by atoms with E-state index < -0.39 is 0 Å². The number of nitrogen functional groups attached to an aromatic ring is 1. The summed E-state index contributed by atoms with van der Waals surface area (Å²) in [6.07, 6.45) is 6.77. The van der Waals surface area contributed by atoms with E-state index in [1.54, 1.807) is 13.1 Å². The zero-order valence-corrected chi connectivity index (χ0v) is 18.9. The molecule has 1 amide bonds. The summed E-state index contributed by atoms with van der Waals surface area (Å²) in [6.45, 7) is 4.76. The number of hydrogen-bond donors (Lipinski definition) is 3. The number of nitrogens with one attached hydrogen (secondary N) is 2. The van der Waals surface area contributed by atoms with E-state index in [1.807, 2.05) is 52.0 Å². The molecule has 9 heteroatoms. The van der Waals surface area contributed by atoms with Crippen LogP contribution in [0.5, 0.6) is 0 Å². The van der Waals surface area contributed by atoms with Gasteiger partial charge in [-0.25, -0.2) is 9.97 Å². The van der Waals surface area contributed by atoms with Gasteiger partial charge in [-0.3, -0.25) is 4.79 Å². The Morgan fingerprint density at radius 3 is 2.56 bits per heavy atom. The molecule has 1 fully saturated rings. The van der Waals surface area contributed by atoms with Crippen molar-refractivity contribution in [3.8, 4) is 11.3 Å². The molecule has 5 rings (SSSR count). The molecule has 34 heavy (non-hydrogen) atoms. The number of carbonyl (C=O) groups excluding carboxylic acids is 1. The smallest absolute Gasteiger partial charge is 0.219 e. The minimum Gasteiger partial charge on any atom is -0.398 e. The molecule has 1 aliphatic rings. The highest BCUT2D eigenvalue weighted by molar-refractivity contribution is 5.87. The fourth-order valence-corrected chi connectivity index (χ4v) is 4.19.